The number of oxazole rings is 1. The van der Waals surface area contributed by atoms with E-state index in [9.17, 15) is 4.79 Å². The molecule has 130 valence electrons. The molecule has 25 heavy (non-hydrogen) atoms. The Balaban J connectivity index is 1.82. The van der Waals surface area contributed by atoms with Crippen molar-refractivity contribution in [3.8, 4) is 5.75 Å². The van der Waals surface area contributed by atoms with Gasteiger partial charge in [0, 0.05) is 0 Å². The summed E-state index contributed by atoms with van der Waals surface area (Å²) in [6.45, 7) is 6.64. The van der Waals surface area contributed by atoms with Crippen molar-refractivity contribution in [1.82, 2.24) is 4.98 Å². The average Bonchev–Trinajstić information content (AvgIpc) is 3.00. The number of aromatic nitrogens is 1. The Hall–Kier alpha value is -2.82. The van der Waals surface area contributed by atoms with E-state index in [0.29, 0.717) is 22.6 Å². The van der Waals surface area contributed by atoms with Crippen LogP contribution in [0.15, 0.2) is 46.9 Å². The lowest BCUT2D eigenvalue weighted by molar-refractivity contribution is 0.0600. The Labute approximate surface area is 146 Å². The SMILES string of the molecule is COC(=O)c1ccc2nc(COc3ccccc3C(C)(C)C)oc2c1. The Morgan fingerprint density at radius 3 is 2.64 bits per heavy atom. The first-order chi connectivity index (χ1) is 11.9. The van der Waals surface area contributed by atoms with Crippen LogP contribution in [0.3, 0.4) is 0 Å². The molecule has 0 fully saturated rings. The zero-order chi connectivity index (χ0) is 18.0. The Kier molecular flexibility index (Phi) is 4.49. The van der Waals surface area contributed by atoms with Crippen molar-refractivity contribution in [2.24, 2.45) is 0 Å². The maximum atomic E-state index is 11.6. The highest BCUT2D eigenvalue weighted by Crippen LogP contribution is 2.31. The van der Waals surface area contributed by atoms with Gasteiger partial charge in [-0.25, -0.2) is 9.78 Å². The van der Waals surface area contributed by atoms with Crippen LogP contribution in [0, 0.1) is 0 Å². The third-order valence-corrected chi connectivity index (χ3v) is 3.90. The number of para-hydroxylation sites is 1. The molecule has 0 unspecified atom stereocenters. The Morgan fingerprint density at radius 2 is 1.92 bits per heavy atom. The molecule has 0 aliphatic heterocycles. The van der Waals surface area contributed by atoms with Crippen LogP contribution in [0.25, 0.3) is 11.1 Å². The van der Waals surface area contributed by atoms with Crippen molar-refractivity contribution in [3.63, 3.8) is 0 Å². The first-order valence-electron chi connectivity index (χ1n) is 8.08. The molecular formula is C20H21NO4. The number of ether oxygens (including phenoxy) is 2. The van der Waals surface area contributed by atoms with Crippen LogP contribution >= 0.6 is 0 Å². The highest BCUT2D eigenvalue weighted by atomic mass is 16.5. The third-order valence-electron chi connectivity index (χ3n) is 3.90. The summed E-state index contributed by atoms with van der Waals surface area (Å²) >= 11 is 0. The molecule has 3 aromatic rings. The fraction of sp³-hybridized carbons (Fsp3) is 0.300. The smallest absolute Gasteiger partial charge is 0.337 e. The van der Waals surface area contributed by atoms with E-state index < -0.39 is 5.97 Å². The predicted molar refractivity (Wildman–Crippen MR) is 94.8 cm³/mol. The molecule has 1 aromatic heterocycles. The number of hydrogen-bond donors (Lipinski definition) is 0. The molecule has 0 saturated carbocycles. The van der Waals surface area contributed by atoms with Gasteiger partial charge in [0.05, 0.1) is 12.7 Å². The zero-order valence-corrected chi connectivity index (χ0v) is 14.8. The van der Waals surface area contributed by atoms with E-state index in [4.69, 9.17) is 13.9 Å². The fourth-order valence-electron chi connectivity index (χ4n) is 2.63. The van der Waals surface area contributed by atoms with Crippen molar-refractivity contribution in [2.45, 2.75) is 32.8 Å². The lowest BCUT2D eigenvalue weighted by Crippen LogP contribution is -2.13. The van der Waals surface area contributed by atoms with E-state index in [1.165, 1.54) is 7.11 Å². The number of carbonyl (C=O) groups excluding carboxylic acids is 1. The van der Waals surface area contributed by atoms with Gasteiger partial charge in [-0.15, -0.1) is 0 Å². The van der Waals surface area contributed by atoms with Crippen molar-refractivity contribution in [1.29, 1.82) is 0 Å². The first-order valence-corrected chi connectivity index (χ1v) is 8.08. The predicted octanol–water partition coefficient (Wildman–Crippen LogP) is 4.49. The van der Waals surface area contributed by atoms with Crippen LogP contribution < -0.4 is 4.74 Å². The highest BCUT2D eigenvalue weighted by Gasteiger charge is 2.19. The standard InChI is InChI=1S/C20H21NO4/c1-20(2,3)14-7-5-6-8-16(14)24-12-18-21-15-10-9-13(19(22)23-4)11-17(15)25-18/h5-11H,12H2,1-4H3. The molecule has 0 atom stereocenters. The van der Waals surface area contributed by atoms with Gasteiger partial charge in [0.2, 0.25) is 5.89 Å². The van der Waals surface area contributed by atoms with Crippen molar-refractivity contribution < 1.29 is 18.7 Å². The summed E-state index contributed by atoms with van der Waals surface area (Å²) in [5, 5.41) is 0. The molecule has 0 bridgehead atoms. The minimum absolute atomic E-state index is 0.0205. The van der Waals surface area contributed by atoms with Gasteiger partial charge in [-0.05, 0) is 35.2 Å². The maximum absolute atomic E-state index is 11.6. The van der Waals surface area contributed by atoms with Crippen LogP contribution in [-0.2, 0) is 16.8 Å². The molecule has 0 spiro atoms. The topological polar surface area (TPSA) is 61.6 Å². The van der Waals surface area contributed by atoms with E-state index in [1.807, 2.05) is 18.2 Å². The number of methoxy groups -OCH3 is 1. The van der Waals surface area contributed by atoms with Gasteiger partial charge in [-0.1, -0.05) is 39.0 Å². The number of fused-ring (bicyclic) bond motifs is 1. The number of benzene rings is 2. The lowest BCUT2D eigenvalue weighted by Gasteiger charge is -2.22. The lowest BCUT2D eigenvalue weighted by atomic mass is 9.86. The van der Waals surface area contributed by atoms with Gasteiger partial charge in [0.1, 0.15) is 11.3 Å². The van der Waals surface area contributed by atoms with Crippen LogP contribution in [0.1, 0.15) is 42.6 Å². The Bertz CT molecular complexity index is 905. The molecule has 2 aromatic carbocycles. The number of hydrogen-bond acceptors (Lipinski definition) is 5. The van der Waals surface area contributed by atoms with Crippen LogP contribution in [-0.4, -0.2) is 18.1 Å². The zero-order valence-electron chi connectivity index (χ0n) is 14.8. The molecule has 0 amide bonds. The largest absolute Gasteiger partial charge is 0.484 e. The van der Waals surface area contributed by atoms with Gasteiger partial charge < -0.3 is 13.9 Å². The van der Waals surface area contributed by atoms with Crippen molar-refractivity contribution in [2.75, 3.05) is 7.11 Å². The summed E-state index contributed by atoms with van der Waals surface area (Å²) in [6.07, 6.45) is 0. The van der Waals surface area contributed by atoms with E-state index in [2.05, 4.69) is 31.8 Å². The van der Waals surface area contributed by atoms with Gasteiger partial charge in [0.15, 0.2) is 12.2 Å². The molecule has 0 radical (unpaired) electrons. The van der Waals surface area contributed by atoms with Crippen LogP contribution in [0.2, 0.25) is 0 Å². The minimum atomic E-state index is -0.407. The summed E-state index contributed by atoms with van der Waals surface area (Å²) < 4.78 is 16.4. The molecule has 0 aliphatic carbocycles. The quantitative estimate of drug-likeness (QED) is 0.655. The van der Waals surface area contributed by atoms with Crippen molar-refractivity contribution >= 4 is 17.1 Å². The van der Waals surface area contributed by atoms with Gasteiger partial charge in [0.25, 0.3) is 0 Å². The van der Waals surface area contributed by atoms with E-state index in [1.54, 1.807) is 18.2 Å². The summed E-state index contributed by atoms with van der Waals surface area (Å²) in [5.41, 5.74) is 2.74. The number of rotatable bonds is 4. The van der Waals surface area contributed by atoms with E-state index in [-0.39, 0.29) is 12.0 Å². The Morgan fingerprint density at radius 1 is 1.16 bits per heavy atom. The molecule has 0 saturated heterocycles. The second-order valence-corrected chi connectivity index (χ2v) is 6.82. The summed E-state index contributed by atoms with van der Waals surface area (Å²) in [4.78, 5) is 16.0. The van der Waals surface area contributed by atoms with Crippen LogP contribution in [0.4, 0.5) is 0 Å². The number of carbonyl (C=O) groups is 1. The monoisotopic (exact) mass is 339 g/mol. The van der Waals surface area contributed by atoms with Gasteiger partial charge in [-0.3, -0.25) is 0 Å². The molecule has 3 rings (SSSR count). The summed E-state index contributed by atoms with van der Waals surface area (Å²) in [5.74, 6) is 0.864. The van der Waals surface area contributed by atoms with Gasteiger partial charge >= 0.3 is 5.97 Å². The maximum Gasteiger partial charge on any atom is 0.337 e. The molecule has 0 N–H and O–H groups in total. The number of esters is 1. The summed E-state index contributed by atoms with van der Waals surface area (Å²) in [6, 6.07) is 13.0. The molecular weight excluding hydrogens is 318 g/mol. The van der Waals surface area contributed by atoms with Crippen LogP contribution in [0.5, 0.6) is 5.75 Å². The summed E-state index contributed by atoms with van der Waals surface area (Å²) in [7, 11) is 1.35. The fourth-order valence-corrected chi connectivity index (χ4v) is 2.63. The normalized spacial score (nSPS) is 11.5. The minimum Gasteiger partial charge on any atom is -0.484 e. The molecule has 0 aliphatic rings. The van der Waals surface area contributed by atoms with E-state index >= 15 is 0 Å². The molecule has 1 heterocycles. The average molecular weight is 339 g/mol. The third kappa shape index (κ3) is 3.65. The van der Waals surface area contributed by atoms with Gasteiger partial charge in [-0.2, -0.15) is 0 Å². The van der Waals surface area contributed by atoms with E-state index in [0.717, 1.165) is 11.3 Å². The molecule has 5 nitrogen and oxygen atoms in total. The second kappa shape index (κ2) is 6.59. The highest BCUT2D eigenvalue weighted by molar-refractivity contribution is 5.93. The second-order valence-electron chi connectivity index (χ2n) is 6.82. The number of nitrogens with zero attached hydrogens (tertiary/aromatic N) is 1. The first kappa shape index (κ1) is 17.0. The van der Waals surface area contributed by atoms with Crippen molar-refractivity contribution in [3.05, 3.63) is 59.5 Å². The molecule has 5 heteroatoms.